The highest BCUT2D eigenvalue weighted by Gasteiger charge is 2.45. The number of rotatable bonds is 7. The van der Waals surface area contributed by atoms with E-state index in [2.05, 4.69) is 110 Å². The molecule has 3 nitrogen and oxygen atoms in total. The minimum absolute atomic E-state index is 0.0369. The molecule has 0 saturated heterocycles. The van der Waals surface area contributed by atoms with Crippen molar-refractivity contribution in [3.05, 3.63) is 114 Å². The maximum absolute atomic E-state index is 10.3. The minimum Gasteiger partial charge on any atom is -0.427 e. The summed E-state index contributed by atoms with van der Waals surface area (Å²) < 4.78 is 5.91. The summed E-state index contributed by atoms with van der Waals surface area (Å²) in [5, 5.41) is 10.3. The summed E-state index contributed by atoms with van der Waals surface area (Å²) in [5.74, 6) is 0. The van der Waals surface area contributed by atoms with Gasteiger partial charge in [0.15, 0.2) is 0 Å². The number of fused-ring (bicyclic) bond motifs is 1. The van der Waals surface area contributed by atoms with E-state index in [0.717, 1.165) is 11.0 Å². The van der Waals surface area contributed by atoms with E-state index in [0.29, 0.717) is 0 Å². The van der Waals surface area contributed by atoms with Crippen LogP contribution in [0.5, 0.6) is 0 Å². The molecule has 0 amide bonds. The van der Waals surface area contributed by atoms with Crippen LogP contribution in [-0.2, 0) is 10.1 Å². The van der Waals surface area contributed by atoms with Crippen LogP contribution in [-0.4, -0.2) is 23.8 Å². The number of nitrogens with zero attached hydrogens (tertiary/aromatic N) is 1. The van der Waals surface area contributed by atoms with Crippen molar-refractivity contribution in [3.63, 3.8) is 0 Å². The number of hydrogen-bond donors (Lipinski definition) is 1. The Morgan fingerprint density at radius 3 is 1.89 bits per heavy atom. The summed E-state index contributed by atoms with van der Waals surface area (Å²) in [5.41, 5.74) is 6.75. The second-order valence-corrected chi connectivity index (χ2v) is 11.9. The minimum atomic E-state index is -0.949. The van der Waals surface area contributed by atoms with Gasteiger partial charge in [0.05, 0.1) is 17.2 Å². The highest BCUT2D eigenvalue weighted by Crippen LogP contribution is 2.55. The summed E-state index contributed by atoms with van der Waals surface area (Å²) in [4.78, 5) is 2.49. The Bertz CT molecular complexity index is 1390. The molecule has 1 unspecified atom stereocenters. The molecule has 1 aliphatic heterocycles. The fraction of sp³-hybridized carbons (Fsp3) is 0.294. The fourth-order valence-corrected chi connectivity index (χ4v) is 5.26. The van der Waals surface area contributed by atoms with Gasteiger partial charge in [-0.05, 0) is 68.1 Å². The van der Waals surface area contributed by atoms with Gasteiger partial charge in [0, 0.05) is 16.8 Å². The number of anilines is 2. The Labute approximate surface area is 228 Å². The van der Waals surface area contributed by atoms with Crippen LogP contribution < -0.4 is 10.4 Å². The van der Waals surface area contributed by atoms with Crippen molar-refractivity contribution in [2.24, 2.45) is 0 Å². The van der Waals surface area contributed by atoms with Crippen LogP contribution in [0.2, 0.25) is 0 Å². The monoisotopic (exact) mass is 502 g/mol. The molecule has 1 radical (unpaired) electrons. The highest BCUT2D eigenvalue weighted by atomic mass is 16.5. The number of aliphatic hydroxyl groups is 1. The Morgan fingerprint density at radius 1 is 0.737 bits per heavy atom. The fourth-order valence-electron chi connectivity index (χ4n) is 5.26. The third-order valence-electron chi connectivity index (χ3n) is 8.27. The van der Waals surface area contributed by atoms with Gasteiger partial charge in [-0.15, -0.1) is 0 Å². The zero-order valence-corrected chi connectivity index (χ0v) is 23.3. The largest absolute Gasteiger partial charge is 0.427 e. The summed E-state index contributed by atoms with van der Waals surface area (Å²) in [7, 11) is 1.72. The zero-order valence-electron chi connectivity index (χ0n) is 23.3. The third kappa shape index (κ3) is 4.79. The molecule has 1 atom stereocenters. The van der Waals surface area contributed by atoms with Crippen LogP contribution in [0.15, 0.2) is 103 Å². The molecule has 5 rings (SSSR count). The van der Waals surface area contributed by atoms with Crippen LogP contribution in [0.25, 0.3) is 11.1 Å². The van der Waals surface area contributed by atoms with Crippen LogP contribution in [0.1, 0.15) is 58.7 Å². The quantitative estimate of drug-likeness (QED) is 0.269. The molecule has 0 bridgehead atoms. The van der Waals surface area contributed by atoms with Crippen molar-refractivity contribution in [2.75, 3.05) is 4.90 Å². The summed E-state index contributed by atoms with van der Waals surface area (Å²) in [6.07, 6.45) is 0. The lowest BCUT2D eigenvalue weighted by molar-refractivity contribution is -0.0893. The molecule has 4 aromatic rings. The van der Waals surface area contributed by atoms with Crippen molar-refractivity contribution in [2.45, 2.75) is 64.2 Å². The van der Waals surface area contributed by atoms with Gasteiger partial charge in [0.25, 0.3) is 0 Å². The molecule has 193 valence electrons. The van der Waals surface area contributed by atoms with E-state index in [4.69, 9.17) is 4.65 Å². The Hall–Kier alpha value is -3.34. The molecule has 38 heavy (non-hydrogen) atoms. The van der Waals surface area contributed by atoms with Crippen LogP contribution >= 0.6 is 0 Å². The first-order valence-corrected chi connectivity index (χ1v) is 13.4. The molecule has 1 heterocycles. The molecule has 0 spiro atoms. The Balaban J connectivity index is 1.40. The SMILES string of the molecule is CC1(C)c2ccccc2N(c2ccc(-c3ccc([B]OC(C)(C)C(C)(C)O)cc3)cc2)C1c1ccccc1. The lowest BCUT2D eigenvalue weighted by atomic mass is 9.77. The molecule has 1 aliphatic rings. The molecular weight excluding hydrogens is 465 g/mol. The molecule has 0 fully saturated rings. The average Bonchev–Trinajstić information content (AvgIpc) is 3.15. The van der Waals surface area contributed by atoms with Gasteiger partial charge in [0.1, 0.15) is 0 Å². The molecule has 0 aromatic heterocycles. The summed E-state index contributed by atoms with van der Waals surface area (Å²) >= 11 is 0. The number of benzene rings is 4. The van der Waals surface area contributed by atoms with E-state index >= 15 is 0 Å². The van der Waals surface area contributed by atoms with Crippen molar-refractivity contribution in [3.8, 4) is 11.1 Å². The van der Waals surface area contributed by atoms with E-state index in [-0.39, 0.29) is 11.5 Å². The molecule has 1 N–H and O–H groups in total. The van der Waals surface area contributed by atoms with Gasteiger partial charge in [-0.3, -0.25) is 0 Å². The average molecular weight is 502 g/mol. The molecule has 4 heteroatoms. The topological polar surface area (TPSA) is 32.7 Å². The van der Waals surface area contributed by atoms with Crippen molar-refractivity contribution < 1.29 is 9.76 Å². The lowest BCUT2D eigenvalue weighted by Gasteiger charge is -2.37. The van der Waals surface area contributed by atoms with Gasteiger partial charge in [0.2, 0.25) is 0 Å². The molecule has 0 aliphatic carbocycles. The van der Waals surface area contributed by atoms with E-state index in [1.807, 2.05) is 26.0 Å². The van der Waals surface area contributed by atoms with Crippen molar-refractivity contribution in [1.82, 2.24) is 0 Å². The predicted molar refractivity (Wildman–Crippen MR) is 160 cm³/mol. The van der Waals surface area contributed by atoms with Crippen molar-refractivity contribution >= 4 is 24.3 Å². The molecular formula is C34H37BNO2. The first kappa shape index (κ1) is 26.3. The zero-order chi connectivity index (χ0) is 27.1. The maximum Gasteiger partial charge on any atom is 0.330 e. The highest BCUT2D eigenvalue weighted by molar-refractivity contribution is 6.47. The van der Waals surface area contributed by atoms with E-state index in [1.165, 1.54) is 28.1 Å². The van der Waals surface area contributed by atoms with Crippen LogP contribution in [0, 0.1) is 0 Å². The lowest BCUT2D eigenvalue weighted by Crippen LogP contribution is -2.49. The second kappa shape index (κ2) is 9.76. The Morgan fingerprint density at radius 2 is 1.29 bits per heavy atom. The number of hydrogen-bond acceptors (Lipinski definition) is 3. The maximum atomic E-state index is 10.3. The normalized spacial score (nSPS) is 16.8. The first-order valence-electron chi connectivity index (χ1n) is 13.4. The molecule has 4 aromatic carbocycles. The first-order chi connectivity index (χ1) is 18.0. The van der Waals surface area contributed by atoms with E-state index in [9.17, 15) is 5.11 Å². The van der Waals surface area contributed by atoms with Gasteiger partial charge < -0.3 is 14.7 Å². The van der Waals surface area contributed by atoms with E-state index < -0.39 is 11.2 Å². The van der Waals surface area contributed by atoms with Crippen molar-refractivity contribution in [1.29, 1.82) is 0 Å². The van der Waals surface area contributed by atoms with E-state index in [1.54, 1.807) is 21.3 Å². The summed E-state index contributed by atoms with van der Waals surface area (Å²) in [6, 6.07) is 37.0. The van der Waals surface area contributed by atoms with Crippen LogP contribution in [0.3, 0.4) is 0 Å². The van der Waals surface area contributed by atoms with Gasteiger partial charge >= 0.3 is 7.48 Å². The summed E-state index contributed by atoms with van der Waals surface area (Å²) in [6.45, 7) is 12.0. The van der Waals surface area contributed by atoms with Crippen LogP contribution in [0.4, 0.5) is 11.4 Å². The van der Waals surface area contributed by atoms with Gasteiger partial charge in [-0.1, -0.05) is 104 Å². The number of para-hydroxylation sites is 1. The standard InChI is InChI=1S/C34H37BNO2/c1-32(2)29-14-10-11-15-30(29)36(31(32)26-12-8-7-9-13-26)28-22-18-25(19-23-28)24-16-20-27(21-17-24)35-38-34(5,6)33(3,4)37/h7-23,31,37H,1-6H3. The predicted octanol–water partition coefficient (Wildman–Crippen LogP) is 7.33. The third-order valence-corrected chi connectivity index (χ3v) is 8.27. The molecule has 0 saturated carbocycles. The second-order valence-electron chi connectivity index (χ2n) is 11.9. The Kier molecular flexibility index (Phi) is 6.75. The van der Waals surface area contributed by atoms with Gasteiger partial charge in [-0.25, -0.2) is 0 Å². The van der Waals surface area contributed by atoms with Gasteiger partial charge in [-0.2, -0.15) is 0 Å². The smallest absolute Gasteiger partial charge is 0.330 e.